The molecule has 0 radical (unpaired) electrons. The maximum atomic E-state index is 10.1. The quantitative estimate of drug-likeness (QED) is 0.584. The topological polar surface area (TPSA) is 42.9 Å². The lowest BCUT2D eigenvalue weighted by Crippen LogP contribution is -1.82. The number of thiophene rings is 1. The van der Waals surface area contributed by atoms with E-state index in [0.29, 0.717) is 5.82 Å². The lowest BCUT2D eigenvalue weighted by Gasteiger charge is -1.91. The van der Waals surface area contributed by atoms with Crippen LogP contribution in [0.2, 0.25) is 0 Å². The third-order valence-corrected chi connectivity index (χ3v) is 2.72. The van der Waals surface area contributed by atoms with Gasteiger partial charge in [0.05, 0.1) is 4.88 Å². The van der Waals surface area contributed by atoms with Gasteiger partial charge in [-0.15, -0.1) is 11.3 Å². The summed E-state index contributed by atoms with van der Waals surface area (Å²) in [7, 11) is 0. The van der Waals surface area contributed by atoms with Gasteiger partial charge < -0.3 is 0 Å². The molecule has 0 aliphatic carbocycles. The minimum Gasteiger partial charge on any atom is -0.299 e. The molecule has 0 aromatic carbocycles. The predicted molar refractivity (Wildman–Crippen MR) is 60.4 cm³/mol. The van der Waals surface area contributed by atoms with Gasteiger partial charge in [0, 0.05) is 12.4 Å². The van der Waals surface area contributed by atoms with Crippen LogP contribution in [0.3, 0.4) is 0 Å². The van der Waals surface area contributed by atoms with Gasteiger partial charge in [-0.3, -0.25) is 4.79 Å². The van der Waals surface area contributed by atoms with Crippen molar-refractivity contribution in [2.45, 2.75) is 0 Å². The molecule has 4 heteroatoms. The lowest BCUT2D eigenvalue weighted by atomic mass is 10.3. The van der Waals surface area contributed by atoms with E-state index in [4.69, 9.17) is 0 Å². The minimum absolute atomic E-state index is 0.716. The van der Waals surface area contributed by atoms with Gasteiger partial charge >= 0.3 is 0 Å². The van der Waals surface area contributed by atoms with E-state index in [0.717, 1.165) is 16.7 Å². The van der Waals surface area contributed by atoms with Crippen LogP contribution in [0.5, 0.6) is 0 Å². The van der Waals surface area contributed by atoms with E-state index in [2.05, 4.69) is 9.97 Å². The summed E-state index contributed by atoms with van der Waals surface area (Å²) in [5, 5.41) is 1.96. The Kier molecular flexibility index (Phi) is 2.99. The number of rotatable bonds is 3. The highest BCUT2D eigenvalue weighted by atomic mass is 32.1. The van der Waals surface area contributed by atoms with E-state index < -0.39 is 0 Å². The summed E-state index contributed by atoms with van der Waals surface area (Å²) in [5.74, 6) is 0.716. The normalized spacial score (nSPS) is 10.7. The van der Waals surface area contributed by atoms with E-state index >= 15 is 0 Å². The Morgan fingerprint density at radius 1 is 1.27 bits per heavy atom. The molecule has 0 unspecified atom stereocenters. The molecule has 0 fully saturated rings. The summed E-state index contributed by atoms with van der Waals surface area (Å²) >= 11 is 1.56. The molecule has 2 heterocycles. The molecule has 0 spiro atoms. The maximum Gasteiger partial charge on any atom is 0.169 e. The Balaban J connectivity index is 2.28. The number of hydrogen-bond acceptors (Lipinski definition) is 4. The zero-order valence-electron chi connectivity index (χ0n) is 7.83. The minimum atomic E-state index is 0.716. The first-order chi connectivity index (χ1) is 7.40. The van der Waals surface area contributed by atoms with Gasteiger partial charge in [-0.05, 0) is 29.2 Å². The standard InChI is InChI=1S/C11H8N2OS/c14-6-1-3-9-7-10(15-8-9)11-12-4-2-5-13-11/h1-8H/b3-1+. The average molecular weight is 216 g/mol. The molecule has 0 amide bonds. The first-order valence-corrected chi connectivity index (χ1v) is 5.26. The highest BCUT2D eigenvalue weighted by molar-refractivity contribution is 7.13. The third-order valence-electron chi connectivity index (χ3n) is 1.77. The Hall–Kier alpha value is -1.81. The van der Waals surface area contributed by atoms with Crippen LogP contribution in [0.1, 0.15) is 5.56 Å². The van der Waals surface area contributed by atoms with Gasteiger partial charge in [0.25, 0.3) is 0 Å². The highest BCUT2D eigenvalue weighted by Gasteiger charge is 2.02. The second-order valence-corrected chi connectivity index (χ2v) is 3.72. The van der Waals surface area contributed by atoms with Gasteiger partial charge in [-0.2, -0.15) is 0 Å². The SMILES string of the molecule is O=C/C=C/c1csc(-c2ncccn2)c1. The van der Waals surface area contributed by atoms with Crippen molar-refractivity contribution in [2.24, 2.45) is 0 Å². The smallest absolute Gasteiger partial charge is 0.169 e. The summed E-state index contributed by atoms with van der Waals surface area (Å²) < 4.78 is 0. The summed E-state index contributed by atoms with van der Waals surface area (Å²) in [5.41, 5.74) is 0.995. The van der Waals surface area contributed by atoms with Gasteiger partial charge in [0.1, 0.15) is 6.29 Å². The van der Waals surface area contributed by atoms with E-state index in [9.17, 15) is 4.79 Å². The van der Waals surface area contributed by atoms with Crippen molar-refractivity contribution in [3.05, 3.63) is 41.5 Å². The van der Waals surface area contributed by atoms with Crippen LogP contribution in [-0.4, -0.2) is 16.3 Å². The number of allylic oxidation sites excluding steroid dienone is 1. The zero-order valence-corrected chi connectivity index (χ0v) is 8.65. The van der Waals surface area contributed by atoms with Crippen LogP contribution in [-0.2, 0) is 4.79 Å². The van der Waals surface area contributed by atoms with Gasteiger partial charge in [0.2, 0.25) is 0 Å². The monoisotopic (exact) mass is 216 g/mol. The zero-order chi connectivity index (χ0) is 10.5. The van der Waals surface area contributed by atoms with Crippen molar-refractivity contribution in [2.75, 3.05) is 0 Å². The maximum absolute atomic E-state index is 10.1. The Bertz CT molecular complexity index is 476. The predicted octanol–water partition coefficient (Wildman–Crippen LogP) is 2.42. The summed E-state index contributed by atoms with van der Waals surface area (Å²) in [4.78, 5) is 19.4. The lowest BCUT2D eigenvalue weighted by molar-refractivity contribution is -0.104. The van der Waals surface area contributed by atoms with Crippen LogP contribution in [0.15, 0.2) is 36.0 Å². The molecule has 2 aromatic heterocycles. The molecule has 15 heavy (non-hydrogen) atoms. The molecule has 0 bridgehead atoms. The highest BCUT2D eigenvalue weighted by Crippen LogP contribution is 2.24. The van der Waals surface area contributed by atoms with Crippen LogP contribution >= 0.6 is 11.3 Å². The second kappa shape index (κ2) is 4.61. The number of aldehydes is 1. The van der Waals surface area contributed by atoms with Crippen molar-refractivity contribution in [1.29, 1.82) is 0 Å². The summed E-state index contributed by atoms with van der Waals surface area (Å²) in [6, 6.07) is 3.74. The molecule has 74 valence electrons. The summed E-state index contributed by atoms with van der Waals surface area (Å²) in [6.07, 6.45) is 7.41. The number of carbonyl (C=O) groups excluding carboxylic acids is 1. The van der Waals surface area contributed by atoms with Gasteiger partial charge in [-0.1, -0.05) is 6.08 Å². The second-order valence-electron chi connectivity index (χ2n) is 2.81. The third kappa shape index (κ3) is 2.35. The Morgan fingerprint density at radius 2 is 2.07 bits per heavy atom. The molecule has 0 saturated heterocycles. The fourth-order valence-electron chi connectivity index (χ4n) is 1.13. The number of nitrogens with zero attached hydrogens (tertiary/aromatic N) is 2. The molecular formula is C11H8N2OS. The fourth-order valence-corrected chi connectivity index (χ4v) is 1.96. The molecule has 3 nitrogen and oxygen atoms in total. The Labute approximate surface area is 91.1 Å². The molecule has 2 aromatic rings. The number of carbonyl (C=O) groups is 1. The molecular weight excluding hydrogens is 208 g/mol. The first-order valence-electron chi connectivity index (χ1n) is 4.38. The largest absolute Gasteiger partial charge is 0.299 e. The molecule has 0 aliphatic rings. The molecule has 0 atom stereocenters. The van der Waals surface area contributed by atoms with Crippen LogP contribution in [0, 0.1) is 0 Å². The van der Waals surface area contributed by atoms with Crippen molar-refractivity contribution in [3.8, 4) is 10.7 Å². The van der Waals surface area contributed by atoms with Crippen molar-refractivity contribution < 1.29 is 4.79 Å². The molecule has 0 aliphatic heterocycles. The fraction of sp³-hybridized carbons (Fsp3) is 0. The van der Waals surface area contributed by atoms with Crippen molar-refractivity contribution >= 4 is 23.7 Å². The number of hydrogen-bond donors (Lipinski definition) is 0. The van der Waals surface area contributed by atoms with Crippen molar-refractivity contribution in [3.63, 3.8) is 0 Å². The van der Waals surface area contributed by atoms with E-state index in [1.807, 2.05) is 11.4 Å². The average Bonchev–Trinajstić information content (AvgIpc) is 2.76. The summed E-state index contributed by atoms with van der Waals surface area (Å²) in [6.45, 7) is 0. The number of aromatic nitrogens is 2. The van der Waals surface area contributed by atoms with Gasteiger partial charge in [-0.25, -0.2) is 9.97 Å². The van der Waals surface area contributed by atoms with E-state index in [1.54, 1.807) is 35.9 Å². The molecule has 0 N–H and O–H groups in total. The van der Waals surface area contributed by atoms with Crippen LogP contribution in [0.25, 0.3) is 16.8 Å². The molecule has 2 rings (SSSR count). The Morgan fingerprint density at radius 3 is 2.80 bits per heavy atom. The first kappa shape index (κ1) is 9.73. The molecule has 0 saturated carbocycles. The van der Waals surface area contributed by atoms with E-state index in [1.165, 1.54) is 6.08 Å². The van der Waals surface area contributed by atoms with E-state index in [-0.39, 0.29) is 0 Å². The van der Waals surface area contributed by atoms with Crippen LogP contribution in [0.4, 0.5) is 0 Å². The van der Waals surface area contributed by atoms with Gasteiger partial charge in [0.15, 0.2) is 5.82 Å². The van der Waals surface area contributed by atoms with Crippen LogP contribution < -0.4 is 0 Å². The van der Waals surface area contributed by atoms with Crippen molar-refractivity contribution in [1.82, 2.24) is 9.97 Å².